The third kappa shape index (κ3) is 3.28. The molecule has 0 fully saturated rings. The van der Waals surface area contributed by atoms with Gasteiger partial charge in [-0.3, -0.25) is 4.98 Å². The number of rotatable bonds is 2. The average molecular weight is 178 g/mol. The van der Waals surface area contributed by atoms with E-state index in [2.05, 4.69) is 16.9 Å². The lowest BCUT2D eigenvalue weighted by molar-refractivity contribution is 1.18. The fourth-order valence-corrected chi connectivity index (χ4v) is 0.944. The van der Waals surface area contributed by atoms with E-state index in [4.69, 9.17) is 0 Å². The predicted octanol–water partition coefficient (Wildman–Crippen LogP) is 3.10. The maximum atomic E-state index is 4.28. The Balaban J connectivity index is 0.000000671. The molecule has 1 rings (SSSR count). The molecule has 0 amide bonds. The van der Waals surface area contributed by atoms with Crippen molar-refractivity contribution in [1.82, 2.24) is 4.98 Å². The lowest BCUT2D eigenvalue weighted by Crippen LogP contribution is -1.94. The first-order valence-corrected chi connectivity index (χ1v) is 4.55. The van der Waals surface area contributed by atoms with Gasteiger partial charge in [-0.1, -0.05) is 20.4 Å². The van der Waals surface area contributed by atoms with Crippen molar-refractivity contribution in [2.24, 2.45) is 0 Å². The molecule has 0 aliphatic rings. The second-order valence-electron chi connectivity index (χ2n) is 2.34. The highest BCUT2D eigenvalue weighted by molar-refractivity contribution is 5.61. The maximum Gasteiger partial charge on any atom is 0.0858 e. The Morgan fingerprint density at radius 3 is 2.46 bits per heavy atom. The molecule has 0 radical (unpaired) electrons. The maximum absolute atomic E-state index is 4.28. The van der Waals surface area contributed by atoms with E-state index >= 15 is 0 Å². The lowest BCUT2D eigenvalue weighted by Gasteiger charge is -2.03. The van der Waals surface area contributed by atoms with E-state index in [1.165, 1.54) is 0 Å². The van der Waals surface area contributed by atoms with Crippen LogP contribution in [0.1, 0.15) is 25.2 Å². The van der Waals surface area contributed by atoms with Gasteiger partial charge in [-0.15, -0.1) is 0 Å². The van der Waals surface area contributed by atoms with Crippen LogP contribution in [0.25, 0.3) is 6.08 Å². The topological polar surface area (TPSA) is 24.9 Å². The fourth-order valence-electron chi connectivity index (χ4n) is 0.944. The highest BCUT2D eigenvalue weighted by Gasteiger charge is 1.96. The average Bonchev–Trinajstić information content (AvgIpc) is 2.20. The van der Waals surface area contributed by atoms with Gasteiger partial charge in [0.25, 0.3) is 0 Å². The fraction of sp³-hybridized carbons (Fsp3) is 0.364. The molecule has 0 bridgehead atoms. The van der Waals surface area contributed by atoms with E-state index in [0.29, 0.717) is 0 Å². The molecule has 0 unspecified atom stereocenters. The number of nitrogens with one attached hydrogen (secondary N) is 1. The highest BCUT2D eigenvalue weighted by atomic mass is 14.9. The van der Waals surface area contributed by atoms with Crippen LogP contribution in [-0.4, -0.2) is 12.0 Å². The standard InChI is InChI=1S/C9H12N2.C2H6/c1-4-8-9(10-3)6-5-7(2)11-8;1-2/h4-6,10H,1H2,2-3H3;1-2H3. The van der Waals surface area contributed by atoms with Gasteiger partial charge in [0, 0.05) is 12.7 Å². The SMILES string of the molecule is C=Cc1nc(C)ccc1NC.CC. The van der Waals surface area contributed by atoms with Crippen molar-refractivity contribution in [2.75, 3.05) is 12.4 Å². The molecular formula is C11H18N2. The zero-order chi connectivity index (χ0) is 10.3. The minimum Gasteiger partial charge on any atom is -0.386 e. The summed E-state index contributed by atoms with van der Waals surface area (Å²) in [6.45, 7) is 9.64. The number of aromatic nitrogens is 1. The van der Waals surface area contributed by atoms with E-state index in [1.807, 2.05) is 40.0 Å². The molecule has 2 heteroatoms. The molecule has 13 heavy (non-hydrogen) atoms. The lowest BCUT2D eigenvalue weighted by atomic mass is 10.2. The molecule has 1 aromatic heterocycles. The Morgan fingerprint density at radius 1 is 1.38 bits per heavy atom. The Bertz CT molecular complexity index is 267. The summed E-state index contributed by atoms with van der Waals surface area (Å²) in [6, 6.07) is 3.97. The third-order valence-electron chi connectivity index (χ3n) is 1.53. The van der Waals surface area contributed by atoms with Gasteiger partial charge in [0.05, 0.1) is 11.4 Å². The number of hydrogen-bond acceptors (Lipinski definition) is 2. The van der Waals surface area contributed by atoms with Crippen LogP contribution in [0.4, 0.5) is 5.69 Å². The van der Waals surface area contributed by atoms with Gasteiger partial charge < -0.3 is 5.32 Å². The first-order chi connectivity index (χ1) is 6.27. The Hall–Kier alpha value is -1.31. The summed E-state index contributed by atoms with van der Waals surface area (Å²) in [5, 5.41) is 3.04. The van der Waals surface area contributed by atoms with E-state index in [9.17, 15) is 0 Å². The van der Waals surface area contributed by atoms with E-state index in [-0.39, 0.29) is 0 Å². The molecular weight excluding hydrogens is 160 g/mol. The molecule has 1 aromatic rings. The van der Waals surface area contributed by atoms with E-state index in [1.54, 1.807) is 6.08 Å². The number of pyridine rings is 1. The number of anilines is 1. The molecule has 0 atom stereocenters. The van der Waals surface area contributed by atoms with Gasteiger partial charge in [0.2, 0.25) is 0 Å². The van der Waals surface area contributed by atoms with Crippen molar-refractivity contribution < 1.29 is 0 Å². The predicted molar refractivity (Wildman–Crippen MR) is 60.0 cm³/mol. The molecule has 1 N–H and O–H groups in total. The summed E-state index contributed by atoms with van der Waals surface area (Å²) in [5.41, 5.74) is 2.94. The molecule has 0 aliphatic carbocycles. The van der Waals surface area contributed by atoms with Crippen molar-refractivity contribution in [3.63, 3.8) is 0 Å². The number of aryl methyl sites for hydroxylation is 1. The van der Waals surface area contributed by atoms with Crippen LogP contribution in [0.5, 0.6) is 0 Å². The van der Waals surface area contributed by atoms with Crippen LogP contribution < -0.4 is 5.32 Å². The van der Waals surface area contributed by atoms with Crippen molar-refractivity contribution in [1.29, 1.82) is 0 Å². The third-order valence-corrected chi connectivity index (χ3v) is 1.53. The van der Waals surface area contributed by atoms with Gasteiger partial charge in [0.1, 0.15) is 0 Å². The quantitative estimate of drug-likeness (QED) is 0.752. The normalized spacial score (nSPS) is 8.31. The van der Waals surface area contributed by atoms with Crippen molar-refractivity contribution in [2.45, 2.75) is 20.8 Å². The van der Waals surface area contributed by atoms with Crippen LogP contribution in [0.3, 0.4) is 0 Å². The number of hydrogen-bond donors (Lipinski definition) is 1. The van der Waals surface area contributed by atoms with Crippen LogP contribution >= 0.6 is 0 Å². The summed E-state index contributed by atoms with van der Waals surface area (Å²) in [5.74, 6) is 0. The van der Waals surface area contributed by atoms with Gasteiger partial charge in [-0.05, 0) is 25.1 Å². The first kappa shape index (κ1) is 11.7. The second-order valence-corrected chi connectivity index (χ2v) is 2.34. The van der Waals surface area contributed by atoms with Crippen LogP contribution in [-0.2, 0) is 0 Å². The highest BCUT2D eigenvalue weighted by Crippen LogP contribution is 2.13. The van der Waals surface area contributed by atoms with Gasteiger partial charge in [0.15, 0.2) is 0 Å². The van der Waals surface area contributed by atoms with Gasteiger partial charge in [-0.2, -0.15) is 0 Å². The molecule has 0 saturated carbocycles. The zero-order valence-electron chi connectivity index (χ0n) is 8.89. The molecule has 0 spiro atoms. The van der Waals surface area contributed by atoms with Crippen molar-refractivity contribution in [3.8, 4) is 0 Å². The number of nitrogens with zero attached hydrogens (tertiary/aromatic N) is 1. The van der Waals surface area contributed by atoms with Crippen LogP contribution in [0.15, 0.2) is 18.7 Å². The Labute approximate surface area is 80.7 Å². The van der Waals surface area contributed by atoms with Crippen LogP contribution in [0.2, 0.25) is 0 Å². The molecule has 0 aromatic carbocycles. The summed E-state index contributed by atoms with van der Waals surface area (Å²) >= 11 is 0. The largest absolute Gasteiger partial charge is 0.386 e. The first-order valence-electron chi connectivity index (χ1n) is 4.55. The van der Waals surface area contributed by atoms with Crippen LogP contribution in [0, 0.1) is 6.92 Å². The second kappa shape index (κ2) is 6.23. The monoisotopic (exact) mass is 178 g/mol. The van der Waals surface area contributed by atoms with Gasteiger partial charge in [-0.25, -0.2) is 0 Å². The minimum absolute atomic E-state index is 0.910. The molecule has 72 valence electrons. The summed E-state index contributed by atoms with van der Waals surface area (Å²) in [6.07, 6.45) is 1.75. The van der Waals surface area contributed by atoms with Crippen molar-refractivity contribution in [3.05, 3.63) is 30.1 Å². The molecule has 1 heterocycles. The molecule has 0 aliphatic heterocycles. The minimum atomic E-state index is 0.910. The molecule has 2 nitrogen and oxygen atoms in total. The van der Waals surface area contributed by atoms with Gasteiger partial charge >= 0.3 is 0 Å². The summed E-state index contributed by atoms with van der Waals surface area (Å²) < 4.78 is 0. The zero-order valence-corrected chi connectivity index (χ0v) is 8.89. The Kier molecular flexibility index (Phi) is 5.60. The van der Waals surface area contributed by atoms with E-state index < -0.39 is 0 Å². The van der Waals surface area contributed by atoms with Crippen molar-refractivity contribution >= 4 is 11.8 Å². The summed E-state index contributed by atoms with van der Waals surface area (Å²) in [4.78, 5) is 4.28. The molecule has 0 saturated heterocycles. The summed E-state index contributed by atoms with van der Waals surface area (Å²) in [7, 11) is 1.87. The Morgan fingerprint density at radius 2 is 2.00 bits per heavy atom. The smallest absolute Gasteiger partial charge is 0.0858 e. The van der Waals surface area contributed by atoms with E-state index in [0.717, 1.165) is 17.1 Å².